The molecule has 0 aliphatic carbocycles. The van der Waals surface area contributed by atoms with Crippen LogP contribution < -0.4 is 11.3 Å². The number of carboxylic acids is 1. The molecule has 3 nitrogen and oxygen atoms in total. The highest BCUT2D eigenvalue weighted by molar-refractivity contribution is 5.72. The summed E-state index contributed by atoms with van der Waals surface area (Å²) in [4.78, 5) is 12.4. The number of unbranched alkanes of at least 4 members (excludes halogenated alkanes) is 21. The highest BCUT2D eigenvalue weighted by atomic mass is 16.4. The topological polar surface area (TPSA) is 76.6 Å². The van der Waals surface area contributed by atoms with E-state index in [1.165, 1.54) is 141 Å². The zero-order chi connectivity index (χ0) is 26.7. The van der Waals surface area contributed by atoms with E-state index in [9.17, 15) is 9.90 Å². The third-order valence-corrected chi connectivity index (χ3v) is 8.94. The fourth-order valence-electron chi connectivity index (χ4n) is 6.29. The molecule has 0 saturated heterocycles. The minimum atomic E-state index is -0.775. The fourth-order valence-corrected chi connectivity index (χ4v) is 6.29. The first-order valence-electron chi connectivity index (χ1n) is 16.8. The van der Waals surface area contributed by atoms with Crippen LogP contribution in [0.3, 0.4) is 0 Å². The molecule has 0 aromatic rings. The van der Waals surface area contributed by atoms with Crippen molar-refractivity contribution in [3.05, 3.63) is 0 Å². The Hall–Kier alpha value is -0.570. The molecule has 0 saturated carbocycles. The molecule has 0 aromatic carbocycles. The van der Waals surface area contributed by atoms with E-state index in [-0.39, 0.29) is 12.1 Å². The Morgan fingerprint density at radius 3 is 1.16 bits per heavy atom. The molecule has 0 aliphatic heterocycles. The number of carbonyl (C=O) groups excluding carboxylic acids is 1. The zero-order valence-electron chi connectivity index (χ0n) is 26.5. The van der Waals surface area contributed by atoms with Crippen molar-refractivity contribution in [3.8, 4) is 0 Å². The Labute approximate surface area is 234 Å². The van der Waals surface area contributed by atoms with Crippen LogP contribution >= 0.6 is 0 Å². The van der Waals surface area contributed by atoms with Gasteiger partial charge in [-0.3, -0.25) is 0 Å². The van der Waals surface area contributed by atoms with Gasteiger partial charge in [-0.25, -0.2) is 0 Å². The van der Waals surface area contributed by atoms with Gasteiger partial charge < -0.3 is 16.1 Å². The molecule has 224 valence electrons. The van der Waals surface area contributed by atoms with Crippen LogP contribution in [0.5, 0.6) is 0 Å². The normalized spacial score (nSPS) is 13.7. The van der Waals surface area contributed by atoms with Gasteiger partial charge in [0.2, 0.25) is 0 Å². The molecule has 0 bridgehead atoms. The lowest BCUT2D eigenvalue weighted by Gasteiger charge is -2.41. The molecular weight excluding hydrogens is 454 g/mol. The van der Waals surface area contributed by atoms with E-state index < -0.39 is 11.4 Å². The highest BCUT2D eigenvalue weighted by Crippen LogP contribution is 2.41. The summed E-state index contributed by atoms with van der Waals surface area (Å²) < 4.78 is 0. The quantitative estimate of drug-likeness (QED) is 0.0985. The molecule has 0 fully saturated rings. The van der Waals surface area contributed by atoms with Gasteiger partial charge in [0.25, 0.3) is 0 Å². The monoisotopic (exact) mass is 526 g/mol. The van der Waals surface area contributed by atoms with E-state index in [0.717, 1.165) is 32.1 Å². The van der Waals surface area contributed by atoms with Crippen LogP contribution in [0.2, 0.25) is 0 Å². The minimum absolute atomic E-state index is 0. The standard InChI is InChI=1S/C34H68O2.H3N/c1-5-9-11-13-15-17-19-20-21-22-24-26-28-30-32(7-3)34(8-4,33(35)36)31-29-27-25-23-18-16-14-12-10-6-2;/h32H,5-31H2,1-4H3,(H,35,36);1H3. The summed E-state index contributed by atoms with van der Waals surface area (Å²) in [6.07, 6.45) is 34.3. The largest absolute Gasteiger partial charge is 0.550 e. The number of aliphatic carboxylic acids is 1. The van der Waals surface area contributed by atoms with Gasteiger partial charge in [-0.05, 0) is 25.2 Å². The van der Waals surface area contributed by atoms with Gasteiger partial charge in [0.05, 0.1) is 0 Å². The molecule has 0 amide bonds. The van der Waals surface area contributed by atoms with Crippen molar-refractivity contribution in [2.24, 2.45) is 11.3 Å². The average Bonchev–Trinajstić information content (AvgIpc) is 2.88. The van der Waals surface area contributed by atoms with Gasteiger partial charge in [-0.1, -0.05) is 182 Å². The number of hydrogen-bond acceptors (Lipinski definition) is 2. The third kappa shape index (κ3) is 20.1. The van der Waals surface area contributed by atoms with Crippen LogP contribution in [0.4, 0.5) is 0 Å². The maximum atomic E-state index is 12.4. The summed E-state index contributed by atoms with van der Waals surface area (Å²) in [6, 6.07) is 0. The van der Waals surface area contributed by atoms with E-state index in [4.69, 9.17) is 0 Å². The molecular formula is C34H71NO2. The van der Waals surface area contributed by atoms with Crippen molar-refractivity contribution < 1.29 is 9.90 Å². The van der Waals surface area contributed by atoms with E-state index in [1.807, 2.05) is 0 Å². The van der Waals surface area contributed by atoms with Crippen LogP contribution in [-0.4, -0.2) is 5.97 Å². The lowest BCUT2D eigenvalue weighted by atomic mass is 9.67. The van der Waals surface area contributed by atoms with E-state index in [0.29, 0.717) is 0 Å². The molecule has 0 aliphatic rings. The van der Waals surface area contributed by atoms with E-state index in [2.05, 4.69) is 27.7 Å². The lowest BCUT2D eigenvalue weighted by molar-refractivity contribution is -0.323. The summed E-state index contributed by atoms with van der Waals surface area (Å²) in [6.45, 7) is 8.83. The van der Waals surface area contributed by atoms with Crippen molar-refractivity contribution in [3.63, 3.8) is 0 Å². The predicted octanol–water partition coefficient (Wildman–Crippen LogP) is 11.3. The Bertz CT molecular complexity index is 467. The van der Waals surface area contributed by atoms with Crippen LogP contribution in [0.25, 0.3) is 0 Å². The maximum Gasteiger partial charge on any atom is 0.0478 e. The summed E-state index contributed by atoms with van der Waals surface area (Å²) in [5.74, 6) is -0.499. The molecule has 4 N–H and O–H groups in total. The number of carboxylic acid groups (broad SMARTS) is 1. The summed E-state index contributed by atoms with van der Waals surface area (Å²) in [5.41, 5.74) is -0.605. The van der Waals surface area contributed by atoms with Crippen molar-refractivity contribution >= 4 is 5.97 Å². The molecule has 2 atom stereocenters. The molecule has 0 heterocycles. The first-order valence-corrected chi connectivity index (χ1v) is 16.8. The van der Waals surface area contributed by atoms with E-state index in [1.54, 1.807) is 0 Å². The van der Waals surface area contributed by atoms with Gasteiger partial charge in [-0.2, -0.15) is 0 Å². The van der Waals surface area contributed by atoms with E-state index >= 15 is 0 Å². The highest BCUT2D eigenvalue weighted by Gasteiger charge is 2.36. The van der Waals surface area contributed by atoms with Crippen LogP contribution in [0, 0.1) is 11.3 Å². The Kier molecular flexibility index (Phi) is 29.7. The molecule has 0 radical (unpaired) electrons. The molecule has 37 heavy (non-hydrogen) atoms. The SMILES string of the molecule is CCCCCCCCCCCCCCCC(CC)C(CC)(CCCCCCCCCCCC)C(=O)[O-].[NH4+]. The second-order valence-electron chi connectivity index (χ2n) is 11.9. The Balaban J connectivity index is 0. The predicted molar refractivity (Wildman–Crippen MR) is 164 cm³/mol. The van der Waals surface area contributed by atoms with Crippen molar-refractivity contribution in [1.29, 1.82) is 0 Å². The van der Waals surface area contributed by atoms with Crippen molar-refractivity contribution in [1.82, 2.24) is 6.15 Å². The second-order valence-corrected chi connectivity index (χ2v) is 11.9. The summed E-state index contributed by atoms with van der Waals surface area (Å²) >= 11 is 0. The number of carbonyl (C=O) groups is 1. The molecule has 3 heteroatoms. The average molecular weight is 526 g/mol. The van der Waals surface area contributed by atoms with Crippen molar-refractivity contribution in [2.45, 2.75) is 201 Å². The Morgan fingerprint density at radius 1 is 0.541 bits per heavy atom. The first-order chi connectivity index (χ1) is 17.6. The van der Waals surface area contributed by atoms with Gasteiger partial charge in [0.15, 0.2) is 0 Å². The Morgan fingerprint density at radius 2 is 0.865 bits per heavy atom. The van der Waals surface area contributed by atoms with Gasteiger partial charge in [0.1, 0.15) is 0 Å². The maximum absolute atomic E-state index is 12.4. The second kappa shape index (κ2) is 28.4. The summed E-state index contributed by atoms with van der Waals surface area (Å²) in [7, 11) is 0. The summed E-state index contributed by atoms with van der Waals surface area (Å²) in [5, 5.41) is 12.4. The van der Waals surface area contributed by atoms with Gasteiger partial charge >= 0.3 is 0 Å². The first kappa shape index (κ1) is 38.6. The van der Waals surface area contributed by atoms with Crippen molar-refractivity contribution in [2.75, 3.05) is 0 Å². The molecule has 2 unspecified atom stereocenters. The van der Waals surface area contributed by atoms with Gasteiger partial charge in [0, 0.05) is 11.4 Å². The van der Waals surface area contributed by atoms with Crippen LogP contribution in [0.15, 0.2) is 0 Å². The smallest absolute Gasteiger partial charge is 0.0478 e. The number of hydrogen-bond donors (Lipinski definition) is 1. The van der Waals surface area contributed by atoms with Crippen LogP contribution in [-0.2, 0) is 4.79 Å². The third-order valence-electron chi connectivity index (χ3n) is 8.94. The number of quaternary nitrogens is 1. The number of rotatable bonds is 29. The molecule has 0 aromatic heterocycles. The van der Waals surface area contributed by atoms with Crippen LogP contribution in [0.1, 0.15) is 201 Å². The molecule has 0 spiro atoms. The lowest BCUT2D eigenvalue weighted by Crippen LogP contribution is -2.47. The fraction of sp³-hybridized carbons (Fsp3) is 0.971. The zero-order valence-corrected chi connectivity index (χ0v) is 26.5. The minimum Gasteiger partial charge on any atom is -0.550 e. The van der Waals surface area contributed by atoms with Gasteiger partial charge in [-0.15, -0.1) is 0 Å². The molecule has 0 rings (SSSR count).